The largest absolute Gasteiger partial charge is 0.496 e. The number of nitro groups is 1. The van der Waals surface area contributed by atoms with Gasteiger partial charge in [-0.1, -0.05) is 0 Å². The molecule has 0 fully saturated rings. The molecule has 114 valence electrons. The summed E-state index contributed by atoms with van der Waals surface area (Å²) in [6.07, 6.45) is 1.43. The molecule has 21 heavy (non-hydrogen) atoms. The molecule has 0 unspecified atom stereocenters. The van der Waals surface area contributed by atoms with Gasteiger partial charge in [-0.25, -0.2) is 0 Å². The summed E-state index contributed by atoms with van der Waals surface area (Å²) in [6, 6.07) is 1.46. The summed E-state index contributed by atoms with van der Waals surface area (Å²) in [5.74, 6) is 0.498. The Balaban J connectivity index is 2.50. The Hall–Kier alpha value is -2.15. The van der Waals surface area contributed by atoms with Crippen LogP contribution in [-0.2, 0) is 11.2 Å². The lowest BCUT2D eigenvalue weighted by molar-refractivity contribution is -0.384. The second-order valence-electron chi connectivity index (χ2n) is 5.02. The number of hydrogen-bond donors (Lipinski definition) is 1. The van der Waals surface area contributed by atoms with Crippen LogP contribution in [0.2, 0.25) is 0 Å². The van der Waals surface area contributed by atoms with E-state index in [1.54, 1.807) is 6.92 Å². The van der Waals surface area contributed by atoms with Gasteiger partial charge < -0.3 is 15.4 Å². The molecule has 0 aromatic heterocycles. The Morgan fingerprint density at radius 3 is 2.86 bits per heavy atom. The number of nitro benzene ring substituents is 1. The summed E-state index contributed by atoms with van der Waals surface area (Å²) in [6.45, 7) is 2.64. The molecule has 0 radical (unpaired) electrons. The lowest BCUT2D eigenvalue weighted by Gasteiger charge is -2.18. The van der Waals surface area contributed by atoms with E-state index in [4.69, 9.17) is 10.5 Å². The van der Waals surface area contributed by atoms with E-state index >= 15 is 0 Å². The molecule has 1 aromatic rings. The molecule has 7 heteroatoms. The van der Waals surface area contributed by atoms with E-state index in [-0.39, 0.29) is 11.6 Å². The van der Waals surface area contributed by atoms with Crippen molar-refractivity contribution >= 4 is 17.3 Å². The van der Waals surface area contributed by atoms with Gasteiger partial charge in [-0.05, 0) is 31.9 Å². The van der Waals surface area contributed by atoms with Crippen molar-refractivity contribution in [2.24, 2.45) is 5.73 Å². The molecule has 0 saturated carbocycles. The number of rotatable bonds is 5. The van der Waals surface area contributed by atoms with Gasteiger partial charge in [-0.15, -0.1) is 0 Å². The lowest BCUT2D eigenvalue weighted by atomic mass is 10.1. The molecule has 0 spiro atoms. The second kappa shape index (κ2) is 6.09. The first-order valence-corrected chi connectivity index (χ1v) is 6.86. The van der Waals surface area contributed by atoms with E-state index in [1.165, 1.54) is 18.1 Å². The topological polar surface area (TPSA) is 98.7 Å². The van der Waals surface area contributed by atoms with Gasteiger partial charge in [0, 0.05) is 24.6 Å². The molecule has 1 aliphatic heterocycles. The zero-order valence-electron chi connectivity index (χ0n) is 12.2. The minimum Gasteiger partial charge on any atom is -0.496 e. The summed E-state index contributed by atoms with van der Waals surface area (Å²) >= 11 is 0. The van der Waals surface area contributed by atoms with E-state index in [0.717, 1.165) is 5.56 Å². The Bertz CT molecular complexity index is 586. The van der Waals surface area contributed by atoms with Gasteiger partial charge in [0.05, 0.1) is 12.0 Å². The average Bonchev–Trinajstić information content (AvgIpc) is 2.88. The first kappa shape index (κ1) is 15.2. The third-order valence-corrected chi connectivity index (χ3v) is 3.67. The van der Waals surface area contributed by atoms with Gasteiger partial charge in [-0.3, -0.25) is 14.9 Å². The number of hydrogen-bond acceptors (Lipinski definition) is 5. The van der Waals surface area contributed by atoms with Crippen LogP contribution in [-0.4, -0.2) is 31.0 Å². The Labute approximate surface area is 122 Å². The van der Waals surface area contributed by atoms with Crippen LogP contribution >= 0.6 is 0 Å². The third-order valence-electron chi connectivity index (χ3n) is 3.67. The molecule has 2 rings (SSSR count). The molecule has 1 aliphatic rings. The smallest absolute Gasteiger partial charge is 0.293 e. The zero-order chi connectivity index (χ0) is 15.6. The van der Waals surface area contributed by atoms with Crippen molar-refractivity contribution < 1.29 is 14.5 Å². The van der Waals surface area contributed by atoms with Crippen LogP contribution in [0, 0.1) is 17.0 Å². The van der Waals surface area contributed by atoms with Gasteiger partial charge in [-0.2, -0.15) is 0 Å². The van der Waals surface area contributed by atoms with E-state index in [9.17, 15) is 14.9 Å². The van der Waals surface area contributed by atoms with Crippen LogP contribution in [0.1, 0.15) is 24.0 Å². The fourth-order valence-electron chi connectivity index (χ4n) is 2.77. The minimum atomic E-state index is -0.445. The molecular weight excluding hydrogens is 274 g/mol. The predicted octanol–water partition coefficient (Wildman–Crippen LogP) is 1.54. The molecule has 1 aromatic carbocycles. The summed E-state index contributed by atoms with van der Waals surface area (Å²) < 4.78 is 5.35. The van der Waals surface area contributed by atoms with Crippen LogP contribution in [0.25, 0.3) is 0 Å². The third kappa shape index (κ3) is 2.69. The SMILES string of the molecule is COc1c(C)cc([N+](=O)[O-])c2c1CCN2C(=O)CCCN. The fraction of sp³-hybridized carbons (Fsp3) is 0.500. The summed E-state index contributed by atoms with van der Waals surface area (Å²) in [5, 5.41) is 11.3. The summed E-state index contributed by atoms with van der Waals surface area (Å²) in [7, 11) is 1.54. The number of carbonyl (C=O) groups excluding carboxylic acids is 1. The number of fused-ring (bicyclic) bond motifs is 1. The van der Waals surface area contributed by atoms with Crippen molar-refractivity contribution in [3.63, 3.8) is 0 Å². The number of anilines is 1. The fourth-order valence-corrected chi connectivity index (χ4v) is 2.77. The number of nitrogens with zero attached hydrogens (tertiary/aromatic N) is 2. The maximum absolute atomic E-state index is 12.2. The first-order chi connectivity index (χ1) is 10.0. The van der Waals surface area contributed by atoms with Crippen LogP contribution in [0.15, 0.2) is 6.07 Å². The van der Waals surface area contributed by atoms with Crippen LogP contribution in [0.3, 0.4) is 0 Å². The quantitative estimate of drug-likeness (QED) is 0.655. The van der Waals surface area contributed by atoms with Crippen LogP contribution in [0.5, 0.6) is 5.75 Å². The predicted molar refractivity (Wildman–Crippen MR) is 78.7 cm³/mol. The highest BCUT2D eigenvalue weighted by Crippen LogP contribution is 2.44. The van der Waals surface area contributed by atoms with Crippen molar-refractivity contribution in [2.45, 2.75) is 26.2 Å². The molecular formula is C14H19N3O4. The highest BCUT2D eigenvalue weighted by Gasteiger charge is 2.35. The van der Waals surface area contributed by atoms with Crippen LogP contribution < -0.4 is 15.4 Å². The molecule has 0 bridgehead atoms. The molecule has 7 nitrogen and oxygen atoms in total. The first-order valence-electron chi connectivity index (χ1n) is 6.86. The van der Waals surface area contributed by atoms with Gasteiger partial charge in [0.2, 0.25) is 5.91 Å². The molecule has 1 amide bonds. The normalized spacial score (nSPS) is 13.2. The monoisotopic (exact) mass is 293 g/mol. The molecule has 2 N–H and O–H groups in total. The number of nitrogens with two attached hydrogens (primary N) is 1. The van der Waals surface area contributed by atoms with Gasteiger partial charge in [0.1, 0.15) is 11.4 Å². The van der Waals surface area contributed by atoms with E-state index in [1.807, 2.05) is 0 Å². The summed E-state index contributed by atoms with van der Waals surface area (Å²) in [4.78, 5) is 24.6. The number of aryl methyl sites for hydroxylation is 1. The van der Waals surface area contributed by atoms with Crippen molar-refractivity contribution in [3.8, 4) is 5.75 Å². The molecule has 0 saturated heterocycles. The minimum absolute atomic E-state index is 0.0399. The highest BCUT2D eigenvalue weighted by molar-refractivity contribution is 5.99. The van der Waals surface area contributed by atoms with E-state index in [0.29, 0.717) is 49.4 Å². The molecule has 0 atom stereocenters. The second-order valence-corrected chi connectivity index (χ2v) is 5.02. The highest BCUT2D eigenvalue weighted by atomic mass is 16.6. The lowest BCUT2D eigenvalue weighted by Crippen LogP contribution is -2.29. The van der Waals surface area contributed by atoms with Gasteiger partial charge in [0.15, 0.2) is 0 Å². The summed E-state index contributed by atoms with van der Waals surface area (Å²) in [5.41, 5.74) is 7.20. The molecule has 0 aliphatic carbocycles. The van der Waals surface area contributed by atoms with Crippen molar-refractivity contribution in [1.29, 1.82) is 0 Å². The Morgan fingerprint density at radius 1 is 1.57 bits per heavy atom. The van der Waals surface area contributed by atoms with Gasteiger partial charge in [0.25, 0.3) is 5.69 Å². The van der Waals surface area contributed by atoms with Crippen molar-refractivity contribution in [2.75, 3.05) is 25.1 Å². The standard InChI is InChI=1S/C14H19N3O4/c1-9-8-11(17(19)20)13-10(14(9)21-2)5-7-16(13)12(18)4-3-6-15/h8H,3-7,15H2,1-2H3. The molecule has 1 heterocycles. The van der Waals surface area contributed by atoms with Crippen molar-refractivity contribution in [1.82, 2.24) is 0 Å². The Morgan fingerprint density at radius 2 is 2.29 bits per heavy atom. The van der Waals surface area contributed by atoms with Crippen LogP contribution in [0.4, 0.5) is 11.4 Å². The Kier molecular flexibility index (Phi) is 4.42. The number of carbonyl (C=O) groups is 1. The maximum atomic E-state index is 12.2. The van der Waals surface area contributed by atoms with Gasteiger partial charge >= 0.3 is 0 Å². The number of benzene rings is 1. The number of ether oxygens (including phenoxy) is 1. The zero-order valence-corrected chi connectivity index (χ0v) is 12.2. The number of methoxy groups -OCH3 is 1. The maximum Gasteiger partial charge on any atom is 0.293 e. The average molecular weight is 293 g/mol. The van der Waals surface area contributed by atoms with E-state index in [2.05, 4.69) is 0 Å². The van der Waals surface area contributed by atoms with E-state index < -0.39 is 4.92 Å². The number of amides is 1. The van der Waals surface area contributed by atoms with Crippen molar-refractivity contribution in [3.05, 3.63) is 27.3 Å².